The zero-order valence-corrected chi connectivity index (χ0v) is 10.9. The Morgan fingerprint density at radius 1 is 1.55 bits per heavy atom. The van der Waals surface area contributed by atoms with Gasteiger partial charge in [-0.15, -0.1) is 0 Å². The SMILES string of the molecule is CC1(C(=O)O)COCC1NC(=O)c1ccc(N)c(F)c1. The molecule has 1 saturated heterocycles. The van der Waals surface area contributed by atoms with E-state index in [1.165, 1.54) is 19.1 Å². The van der Waals surface area contributed by atoms with Crippen molar-refractivity contribution in [3.8, 4) is 0 Å². The van der Waals surface area contributed by atoms with E-state index < -0.39 is 29.2 Å². The molecule has 0 radical (unpaired) electrons. The second-order valence-corrected chi connectivity index (χ2v) is 5.00. The lowest BCUT2D eigenvalue weighted by Gasteiger charge is -2.25. The van der Waals surface area contributed by atoms with Gasteiger partial charge in [0.25, 0.3) is 5.91 Å². The number of rotatable bonds is 3. The van der Waals surface area contributed by atoms with Crippen molar-refractivity contribution in [3.63, 3.8) is 0 Å². The smallest absolute Gasteiger partial charge is 0.313 e. The van der Waals surface area contributed by atoms with Gasteiger partial charge in [0.2, 0.25) is 0 Å². The van der Waals surface area contributed by atoms with Crippen molar-refractivity contribution < 1.29 is 23.8 Å². The topological polar surface area (TPSA) is 102 Å². The van der Waals surface area contributed by atoms with Crippen LogP contribution in [0.1, 0.15) is 17.3 Å². The number of nitrogen functional groups attached to an aromatic ring is 1. The van der Waals surface area contributed by atoms with Gasteiger partial charge in [0.05, 0.1) is 24.9 Å². The van der Waals surface area contributed by atoms with Crippen LogP contribution < -0.4 is 11.1 Å². The largest absolute Gasteiger partial charge is 0.481 e. The summed E-state index contributed by atoms with van der Waals surface area (Å²) >= 11 is 0. The highest BCUT2D eigenvalue weighted by atomic mass is 19.1. The third-order valence-corrected chi connectivity index (χ3v) is 3.51. The molecule has 1 aliphatic heterocycles. The Morgan fingerprint density at radius 3 is 2.85 bits per heavy atom. The number of anilines is 1. The number of hydrogen-bond donors (Lipinski definition) is 3. The Balaban J connectivity index is 2.15. The fourth-order valence-electron chi connectivity index (χ4n) is 2.00. The van der Waals surface area contributed by atoms with Gasteiger partial charge >= 0.3 is 5.97 Å². The van der Waals surface area contributed by atoms with E-state index >= 15 is 0 Å². The molecule has 6 nitrogen and oxygen atoms in total. The van der Waals surface area contributed by atoms with Crippen LogP contribution in [-0.2, 0) is 9.53 Å². The number of carbonyl (C=O) groups is 2. The van der Waals surface area contributed by atoms with E-state index in [9.17, 15) is 19.1 Å². The number of amides is 1. The number of benzene rings is 1. The quantitative estimate of drug-likeness (QED) is 0.706. The molecule has 2 rings (SSSR count). The molecule has 0 bridgehead atoms. The summed E-state index contributed by atoms with van der Waals surface area (Å²) in [5, 5.41) is 11.8. The normalized spacial score (nSPS) is 25.4. The maximum atomic E-state index is 13.3. The van der Waals surface area contributed by atoms with Gasteiger partial charge in [0.15, 0.2) is 0 Å². The van der Waals surface area contributed by atoms with Crippen molar-refractivity contribution in [2.24, 2.45) is 5.41 Å². The summed E-state index contributed by atoms with van der Waals surface area (Å²) in [4.78, 5) is 23.3. The van der Waals surface area contributed by atoms with E-state index in [1.54, 1.807) is 0 Å². The first-order valence-electron chi connectivity index (χ1n) is 6.01. The lowest BCUT2D eigenvalue weighted by molar-refractivity contribution is -0.148. The van der Waals surface area contributed by atoms with Crippen LogP contribution >= 0.6 is 0 Å². The first-order chi connectivity index (χ1) is 9.34. The molecule has 7 heteroatoms. The predicted octanol–water partition coefficient (Wildman–Crippen LogP) is 0.627. The molecule has 0 aliphatic carbocycles. The molecule has 20 heavy (non-hydrogen) atoms. The van der Waals surface area contributed by atoms with Crippen molar-refractivity contribution >= 4 is 17.6 Å². The summed E-state index contributed by atoms with van der Waals surface area (Å²) < 4.78 is 18.4. The molecule has 1 amide bonds. The molecule has 0 saturated carbocycles. The van der Waals surface area contributed by atoms with Crippen molar-refractivity contribution in [1.82, 2.24) is 5.32 Å². The molecule has 1 aromatic rings. The maximum absolute atomic E-state index is 13.3. The maximum Gasteiger partial charge on any atom is 0.313 e. The average molecular weight is 282 g/mol. The number of hydrogen-bond acceptors (Lipinski definition) is 4. The van der Waals surface area contributed by atoms with Crippen molar-refractivity contribution in [2.45, 2.75) is 13.0 Å². The zero-order chi connectivity index (χ0) is 14.9. The molecule has 4 N–H and O–H groups in total. The lowest BCUT2D eigenvalue weighted by Crippen LogP contribution is -2.49. The summed E-state index contributed by atoms with van der Waals surface area (Å²) in [7, 11) is 0. The molecular weight excluding hydrogens is 267 g/mol. The van der Waals surface area contributed by atoms with Gasteiger partial charge in [0.1, 0.15) is 11.2 Å². The van der Waals surface area contributed by atoms with Crippen LogP contribution in [0, 0.1) is 11.2 Å². The number of halogens is 1. The third-order valence-electron chi connectivity index (χ3n) is 3.51. The number of carboxylic acid groups (broad SMARTS) is 1. The lowest BCUT2D eigenvalue weighted by atomic mass is 9.85. The monoisotopic (exact) mass is 282 g/mol. The minimum atomic E-state index is -1.19. The van der Waals surface area contributed by atoms with Gasteiger partial charge < -0.3 is 20.9 Å². The van der Waals surface area contributed by atoms with E-state index in [0.29, 0.717) is 0 Å². The average Bonchev–Trinajstić information content (AvgIpc) is 2.75. The fourth-order valence-corrected chi connectivity index (χ4v) is 2.00. The number of carboxylic acids is 1. The molecule has 2 unspecified atom stereocenters. The molecule has 1 heterocycles. The van der Waals surface area contributed by atoms with Gasteiger partial charge in [-0.2, -0.15) is 0 Å². The Morgan fingerprint density at radius 2 is 2.25 bits per heavy atom. The molecule has 1 aliphatic rings. The highest BCUT2D eigenvalue weighted by molar-refractivity contribution is 5.95. The van der Waals surface area contributed by atoms with Crippen LogP contribution in [0.15, 0.2) is 18.2 Å². The van der Waals surface area contributed by atoms with Crippen molar-refractivity contribution in [3.05, 3.63) is 29.6 Å². The van der Waals surface area contributed by atoms with E-state index in [0.717, 1.165) is 6.07 Å². The van der Waals surface area contributed by atoms with Crippen LogP contribution in [0.5, 0.6) is 0 Å². The second-order valence-electron chi connectivity index (χ2n) is 5.00. The Labute approximate surface area is 114 Å². The summed E-state index contributed by atoms with van der Waals surface area (Å²) in [6.45, 7) is 1.62. The zero-order valence-electron chi connectivity index (χ0n) is 10.9. The predicted molar refractivity (Wildman–Crippen MR) is 68.6 cm³/mol. The van der Waals surface area contributed by atoms with E-state index in [1.807, 2.05) is 0 Å². The van der Waals surface area contributed by atoms with Crippen LogP contribution in [-0.4, -0.2) is 36.2 Å². The summed E-state index contributed by atoms with van der Waals surface area (Å²) in [6, 6.07) is 3.00. The van der Waals surface area contributed by atoms with Gasteiger partial charge in [0, 0.05) is 5.56 Å². The van der Waals surface area contributed by atoms with E-state index in [2.05, 4.69) is 5.32 Å². The highest BCUT2D eigenvalue weighted by Gasteiger charge is 2.47. The molecule has 1 aromatic carbocycles. The van der Waals surface area contributed by atoms with Crippen LogP contribution in [0.25, 0.3) is 0 Å². The molecule has 1 fully saturated rings. The van der Waals surface area contributed by atoms with Crippen molar-refractivity contribution in [1.29, 1.82) is 0 Å². The van der Waals surface area contributed by atoms with Gasteiger partial charge in [-0.3, -0.25) is 9.59 Å². The Bertz CT molecular complexity index is 563. The minimum absolute atomic E-state index is 0.0172. The fraction of sp³-hybridized carbons (Fsp3) is 0.385. The number of carbonyl (C=O) groups excluding carboxylic acids is 1. The van der Waals surface area contributed by atoms with E-state index in [4.69, 9.17) is 10.5 Å². The Hall–Kier alpha value is -2.15. The first kappa shape index (κ1) is 14.3. The second kappa shape index (κ2) is 5.09. The Kier molecular flexibility index (Phi) is 3.63. The van der Waals surface area contributed by atoms with Crippen LogP contribution in [0.3, 0.4) is 0 Å². The molecular formula is C13H15FN2O4. The molecule has 108 valence electrons. The van der Waals surface area contributed by atoms with Gasteiger partial charge in [-0.25, -0.2) is 4.39 Å². The number of nitrogens with one attached hydrogen (secondary N) is 1. The van der Waals surface area contributed by atoms with Gasteiger partial charge in [-0.05, 0) is 25.1 Å². The van der Waals surface area contributed by atoms with Crippen LogP contribution in [0.2, 0.25) is 0 Å². The molecule has 2 atom stereocenters. The van der Waals surface area contributed by atoms with E-state index in [-0.39, 0.29) is 24.5 Å². The van der Waals surface area contributed by atoms with Gasteiger partial charge in [-0.1, -0.05) is 0 Å². The number of ether oxygens (including phenoxy) is 1. The summed E-state index contributed by atoms with van der Waals surface area (Å²) in [5.41, 5.74) is 4.16. The first-order valence-corrected chi connectivity index (χ1v) is 6.01. The molecule has 0 spiro atoms. The third kappa shape index (κ3) is 2.44. The summed E-state index contributed by atoms with van der Waals surface area (Å²) in [5.74, 6) is -2.31. The minimum Gasteiger partial charge on any atom is -0.481 e. The summed E-state index contributed by atoms with van der Waals surface area (Å²) in [6.07, 6.45) is 0. The number of nitrogens with two attached hydrogens (primary N) is 1. The number of aliphatic carboxylic acids is 1. The highest BCUT2D eigenvalue weighted by Crippen LogP contribution is 2.29. The van der Waals surface area contributed by atoms with Crippen LogP contribution in [0.4, 0.5) is 10.1 Å². The van der Waals surface area contributed by atoms with Crippen molar-refractivity contribution in [2.75, 3.05) is 18.9 Å². The molecule has 0 aromatic heterocycles. The standard InChI is InChI=1S/C13H15FN2O4/c1-13(12(18)19)6-20-5-10(13)16-11(17)7-2-3-9(15)8(14)4-7/h2-4,10H,5-6,15H2,1H3,(H,16,17)(H,18,19).